The fourth-order valence-corrected chi connectivity index (χ4v) is 4.44. The summed E-state index contributed by atoms with van der Waals surface area (Å²) in [6.07, 6.45) is 0. The molecular formula is C16H13NS2. The molecular weight excluding hydrogens is 270 g/mol. The molecule has 1 nitrogen and oxygen atoms in total. The molecule has 2 aromatic heterocycles. The van der Waals surface area contributed by atoms with E-state index in [9.17, 15) is 0 Å². The number of fused-ring (bicyclic) bond motifs is 3. The van der Waals surface area contributed by atoms with E-state index in [4.69, 9.17) is 0 Å². The molecule has 0 N–H and O–H groups in total. The molecule has 0 atom stereocenters. The van der Waals surface area contributed by atoms with Gasteiger partial charge in [0.05, 0.1) is 13.1 Å². The molecule has 0 radical (unpaired) electrons. The summed E-state index contributed by atoms with van der Waals surface area (Å²) in [6, 6.07) is 15.2. The zero-order chi connectivity index (χ0) is 12.7. The molecule has 0 fully saturated rings. The monoisotopic (exact) mass is 283 g/mol. The van der Waals surface area contributed by atoms with Gasteiger partial charge in [-0.15, -0.1) is 22.7 Å². The lowest BCUT2D eigenvalue weighted by Gasteiger charge is -2.22. The van der Waals surface area contributed by atoms with E-state index in [0.29, 0.717) is 0 Å². The topological polar surface area (TPSA) is 3.24 Å². The Bertz CT molecular complexity index is 654. The summed E-state index contributed by atoms with van der Waals surface area (Å²) in [4.78, 5) is 5.42. The summed E-state index contributed by atoms with van der Waals surface area (Å²) in [7, 11) is 0. The van der Waals surface area contributed by atoms with Gasteiger partial charge in [0.15, 0.2) is 0 Å². The number of para-hydroxylation sites is 1. The Hall–Kier alpha value is -1.58. The van der Waals surface area contributed by atoms with E-state index in [-0.39, 0.29) is 0 Å². The Balaban J connectivity index is 1.84. The quantitative estimate of drug-likeness (QED) is 0.607. The van der Waals surface area contributed by atoms with Crippen molar-refractivity contribution in [2.24, 2.45) is 0 Å². The van der Waals surface area contributed by atoms with Crippen molar-refractivity contribution < 1.29 is 0 Å². The molecule has 3 heterocycles. The zero-order valence-corrected chi connectivity index (χ0v) is 12.0. The van der Waals surface area contributed by atoms with Gasteiger partial charge < -0.3 is 4.90 Å². The molecule has 19 heavy (non-hydrogen) atoms. The van der Waals surface area contributed by atoms with Gasteiger partial charge in [0, 0.05) is 15.4 Å². The molecule has 0 unspecified atom stereocenters. The van der Waals surface area contributed by atoms with Crippen LogP contribution >= 0.6 is 22.7 Å². The molecule has 4 rings (SSSR count). The molecule has 1 aliphatic rings. The fourth-order valence-electron chi connectivity index (χ4n) is 2.63. The second kappa shape index (κ2) is 4.51. The van der Waals surface area contributed by atoms with Crippen LogP contribution in [0.3, 0.4) is 0 Å². The number of hydrogen-bond acceptors (Lipinski definition) is 3. The van der Waals surface area contributed by atoms with Crippen LogP contribution in [0.4, 0.5) is 5.69 Å². The van der Waals surface area contributed by atoms with Gasteiger partial charge in [0.2, 0.25) is 0 Å². The molecule has 3 aromatic rings. The van der Waals surface area contributed by atoms with Crippen molar-refractivity contribution in [2.45, 2.75) is 13.1 Å². The molecule has 1 aromatic carbocycles. The predicted molar refractivity (Wildman–Crippen MR) is 84.0 cm³/mol. The Morgan fingerprint density at radius 3 is 1.89 bits per heavy atom. The highest BCUT2D eigenvalue weighted by Gasteiger charge is 2.21. The maximum absolute atomic E-state index is 2.47. The Labute approximate surface area is 120 Å². The molecule has 0 bridgehead atoms. The minimum absolute atomic E-state index is 1.01. The SMILES string of the molecule is c1ccc(N2Cc3sccc3-c3ccsc3C2)cc1. The van der Waals surface area contributed by atoms with Crippen LogP contribution in [0.25, 0.3) is 11.1 Å². The van der Waals surface area contributed by atoms with Gasteiger partial charge in [-0.1, -0.05) is 18.2 Å². The zero-order valence-electron chi connectivity index (χ0n) is 10.4. The van der Waals surface area contributed by atoms with Crippen LogP contribution in [-0.2, 0) is 13.1 Å². The highest BCUT2D eigenvalue weighted by Crippen LogP contribution is 2.39. The van der Waals surface area contributed by atoms with Crippen molar-refractivity contribution in [3.8, 4) is 11.1 Å². The van der Waals surface area contributed by atoms with Gasteiger partial charge in [-0.25, -0.2) is 0 Å². The summed E-state index contributed by atoms with van der Waals surface area (Å²) in [5, 5.41) is 4.42. The van der Waals surface area contributed by atoms with Gasteiger partial charge in [-0.3, -0.25) is 0 Å². The third kappa shape index (κ3) is 1.90. The Morgan fingerprint density at radius 1 is 0.737 bits per heavy atom. The summed E-state index contributed by atoms with van der Waals surface area (Å²) >= 11 is 3.73. The standard InChI is InChI=1S/C16H13NS2/c1-2-4-12(5-3-1)17-10-15-13(6-8-18-15)14-7-9-19-16(14)11-17/h1-9H,10-11H2. The van der Waals surface area contributed by atoms with E-state index in [1.165, 1.54) is 26.6 Å². The van der Waals surface area contributed by atoms with Crippen molar-refractivity contribution in [3.05, 3.63) is 63.0 Å². The first-order chi connectivity index (χ1) is 9.42. The molecule has 0 spiro atoms. The minimum atomic E-state index is 1.01. The van der Waals surface area contributed by atoms with Gasteiger partial charge in [-0.2, -0.15) is 0 Å². The molecule has 94 valence electrons. The maximum atomic E-state index is 2.47. The van der Waals surface area contributed by atoms with Crippen LogP contribution in [0.5, 0.6) is 0 Å². The second-order valence-electron chi connectivity index (χ2n) is 4.71. The van der Waals surface area contributed by atoms with Crippen molar-refractivity contribution in [1.29, 1.82) is 0 Å². The first-order valence-corrected chi connectivity index (χ1v) is 8.11. The summed E-state index contributed by atoms with van der Waals surface area (Å²) < 4.78 is 0. The van der Waals surface area contributed by atoms with Gasteiger partial charge in [-0.05, 0) is 46.2 Å². The lowest BCUT2D eigenvalue weighted by atomic mass is 10.1. The molecule has 0 amide bonds. The van der Waals surface area contributed by atoms with E-state index >= 15 is 0 Å². The summed E-state index contributed by atoms with van der Waals surface area (Å²) in [6.45, 7) is 2.02. The van der Waals surface area contributed by atoms with Gasteiger partial charge in [0.1, 0.15) is 0 Å². The first kappa shape index (κ1) is 11.3. The minimum Gasteiger partial charge on any atom is -0.361 e. The van der Waals surface area contributed by atoms with Crippen LogP contribution < -0.4 is 4.90 Å². The van der Waals surface area contributed by atoms with Crippen LogP contribution in [-0.4, -0.2) is 0 Å². The summed E-state index contributed by atoms with van der Waals surface area (Å²) in [5.74, 6) is 0. The third-order valence-corrected chi connectivity index (χ3v) is 5.38. The molecule has 0 aliphatic carbocycles. The normalized spacial score (nSPS) is 13.8. The van der Waals surface area contributed by atoms with Crippen LogP contribution in [0.15, 0.2) is 53.2 Å². The molecule has 3 heteroatoms. The maximum Gasteiger partial charge on any atom is 0.0533 e. The average Bonchev–Trinajstić information content (AvgIpc) is 3.06. The van der Waals surface area contributed by atoms with Gasteiger partial charge in [0.25, 0.3) is 0 Å². The van der Waals surface area contributed by atoms with E-state index in [0.717, 1.165) is 13.1 Å². The highest BCUT2D eigenvalue weighted by atomic mass is 32.1. The lowest BCUT2D eigenvalue weighted by Crippen LogP contribution is -2.19. The number of hydrogen-bond donors (Lipinski definition) is 0. The molecule has 0 saturated carbocycles. The molecule has 0 saturated heterocycles. The van der Waals surface area contributed by atoms with E-state index < -0.39 is 0 Å². The predicted octanol–water partition coefficient (Wildman–Crippen LogP) is 5.00. The van der Waals surface area contributed by atoms with Gasteiger partial charge >= 0.3 is 0 Å². The second-order valence-corrected chi connectivity index (χ2v) is 6.71. The summed E-state index contributed by atoms with van der Waals surface area (Å²) in [5.41, 5.74) is 4.17. The van der Waals surface area contributed by atoms with Crippen molar-refractivity contribution in [3.63, 3.8) is 0 Å². The number of thiophene rings is 2. The lowest BCUT2D eigenvalue weighted by molar-refractivity contribution is 0.829. The number of benzene rings is 1. The van der Waals surface area contributed by atoms with E-state index in [2.05, 4.69) is 58.1 Å². The van der Waals surface area contributed by atoms with Crippen LogP contribution in [0.2, 0.25) is 0 Å². The van der Waals surface area contributed by atoms with E-state index in [1.807, 2.05) is 22.7 Å². The number of rotatable bonds is 1. The van der Waals surface area contributed by atoms with Crippen molar-refractivity contribution >= 4 is 28.4 Å². The Morgan fingerprint density at radius 2 is 1.32 bits per heavy atom. The highest BCUT2D eigenvalue weighted by molar-refractivity contribution is 7.11. The largest absolute Gasteiger partial charge is 0.361 e. The smallest absolute Gasteiger partial charge is 0.0533 e. The van der Waals surface area contributed by atoms with Crippen LogP contribution in [0, 0.1) is 0 Å². The van der Waals surface area contributed by atoms with Crippen molar-refractivity contribution in [2.75, 3.05) is 4.90 Å². The molecule has 1 aliphatic heterocycles. The first-order valence-electron chi connectivity index (χ1n) is 6.35. The fraction of sp³-hybridized carbons (Fsp3) is 0.125. The average molecular weight is 283 g/mol. The van der Waals surface area contributed by atoms with Crippen molar-refractivity contribution in [1.82, 2.24) is 0 Å². The number of nitrogens with zero attached hydrogens (tertiary/aromatic N) is 1. The Kier molecular flexibility index (Phi) is 2.67. The van der Waals surface area contributed by atoms with Crippen LogP contribution in [0.1, 0.15) is 9.75 Å². The number of anilines is 1. The third-order valence-electron chi connectivity index (χ3n) is 3.57. The van der Waals surface area contributed by atoms with E-state index in [1.54, 1.807) is 0 Å².